The van der Waals surface area contributed by atoms with Crippen LogP contribution in [0.4, 0.5) is 0 Å². The summed E-state index contributed by atoms with van der Waals surface area (Å²) in [5.74, 6) is 1.49. The molecular weight excluding hydrogens is 360 g/mol. The first-order valence-electron chi connectivity index (χ1n) is 5.47. The number of aliphatic hydroxyl groups excluding tert-OH is 1. The molecule has 0 aliphatic heterocycles. The van der Waals surface area contributed by atoms with Crippen molar-refractivity contribution in [1.82, 2.24) is 0 Å². The lowest BCUT2D eigenvalue weighted by molar-refractivity contribution is 0.198. The average molecular weight is 372 g/mol. The standard InChI is InChI=1S/C14H12Br2O2/c1-9(17)13-6-5-12(8-14(13)16)18-11-4-2-3-10(15)7-11/h2-9,17H,1H3/t9-/m0/s1. The highest BCUT2D eigenvalue weighted by Crippen LogP contribution is 2.30. The van der Waals surface area contributed by atoms with E-state index in [9.17, 15) is 5.11 Å². The van der Waals surface area contributed by atoms with Gasteiger partial charge < -0.3 is 9.84 Å². The second-order valence-corrected chi connectivity index (χ2v) is 5.69. The van der Waals surface area contributed by atoms with Crippen LogP contribution in [0.3, 0.4) is 0 Å². The van der Waals surface area contributed by atoms with E-state index in [1.165, 1.54) is 0 Å². The topological polar surface area (TPSA) is 29.5 Å². The Labute approximate surface area is 123 Å². The summed E-state index contributed by atoms with van der Waals surface area (Å²) in [6.07, 6.45) is -0.501. The second-order valence-electron chi connectivity index (χ2n) is 3.92. The lowest BCUT2D eigenvalue weighted by atomic mass is 10.1. The zero-order valence-corrected chi connectivity index (χ0v) is 12.9. The lowest BCUT2D eigenvalue weighted by Gasteiger charge is -2.10. The first-order valence-corrected chi connectivity index (χ1v) is 7.06. The Balaban J connectivity index is 2.23. The molecule has 1 atom stereocenters. The van der Waals surface area contributed by atoms with Crippen molar-refractivity contribution >= 4 is 31.9 Å². The Kier molecular flexibility index (Phi) is 4.43. The molecule has 0 saturated heterocycles. The van der Waals surface area contributed by atoms with Gasteiger partial charge in [0.1, 0.15) is 11.5 Å². The van der Waals surface area contributed by atoms with Crippen molar-refractivity contribution < 1.29 is 9.84 Å². The fourth-order valence-electron chi connectivity index (χ4n) is 1.58. The van der Waals surface area contributed by atoms with Gasteiger partial charge in [0.2, 0.25) is 0 Å². The summed E-state index contributed by atoms with van der Waals surface area (Å²) in [7, 11) is 0. The quantitative estimate of drug-likeness (QED) is 0.817. The summed E-state index contributed by atoms with van der Waals surface area (Å²) in [5, 5.41) is 9.54. The van der Waals surface area contributed by atoms with Crippen LogP contribution in [0.5, 0.6) is 11.5 Å². The van der Waals surface area contributed by atoms with Crippen LogP contribution in [-0.4, -0.2) is 5.11 Å². The molecule has 0 aromatic heterocycles. The van der Waals surface area contributed by atoms with Gasteiger partial charge in [-0.3, -0.25) is 0 Å². The molecule has 0 aliphatic rings. The molecule has 2 aromatic rings. The molecule has 1 N–H and O–H groups in total. The minimum absolute atomic E-state index is 0.501. The summed E-state index contributed by atoms with van der Waals surface area (Å²) in [6.45, 7) is 1.73. The fourth-order valence-corrected chi connectivity index (χ4v) is 2.64. The molecule has 0 aliphatic carbocycles. The Morgan fingerprint density at radius 3 is 2.39 bits per heavy atom. The van der Waals surface area contributed by atoms with Gasteiger partial charge in [-0.25, -0.2) is 0 Å². The van der Waals surface area contributed by atoms with Crippen LogP contribution in [0.2, 0.25) is 0 Å². The molecule has 0 amide bonds. The first kappa shape index (κ1) is 13.6. The Bertz CT molecular complexity index is 553. The van der Waals surface area contributed by atoms with Crippen LogP contribution in [0.25, 0.3) is 0 Å². The average Bonchev–Trinajstić information content (AvgIpc) is 2.28. The molecule has 0 fully saturated rings. The van der Waals surface area contributed by atoms with E-state index in [4.69, 9.17) is 4.74 Å². The number of benzene rings is 2. The summed E-state index contributed by atoms with van der Waals surface area (Å²) < 4.78 is 7.54. The van der Waals surface area contributed by atoms with E-state index < -0.39 is 6.10 Å². The van der Waals surface area contributed by atoms with Crippen molar-refractivity contribution in [2.24, 2.45) is 0 Å². The Morgan fingerprint density at radius 2 is 1.78 bits per heavy atom. The van der Waals surface area contributed by atoms with E-state index in [1.54, 1.807) is 6.92 Å². The van der Waals surface area contributed by atoms with E-state index in [-0.39, 0.29) is 0 Å². The van der Waals surface area contributed by atoms with Gasteiger partial charge in [0.15, 0.2) is 0 Å². The minimum atomic E-state index is -0.501. The van der Waals surface area contributed by atoms with Gasteiger partial charge in [0.05, 0.1) is 6.10 Å². The fraction of sp³-hybridized carbons (Fsp3) is 0.143. The molecule has 0 spiro atoms. The Morgan fingerprint density at radius 1 is 1.06 bits per heavy atom. The van der Waals surface area contributed by atoms with Crippen LogP contribution >= 0.6 is 31.9 Å². The Hall–Kier alpha value is -0.840. The molecule has 0 radical (unpaired) electrons. The number of halogens is 2. The van der Waals surface area contributed by atoms with Crippen molar-refractivity contribution in [2.45, 2.75) is 13.0 Å². The maximum atomic E-state index is 9.54. The molecule has 0 heterocycles. The summed E-state index contributed by atoms with van der Waals surface area (Å²) in [5.41, 5.74) is 0.844. The summed E-state index contributed by atoms with van der Waals surface area (Å²) in [4.78, 5) is 0. The molecule has 0 unspecified atom stereocenters. The number of rotatable bonds is 3. The van der Waals surface area contributed by atoms with E-state index in [0.29, 0.717) is 0 Å². The third-order valence-corrected chi connectivity index (χ3v) is 3.63. The first-order chi connectivity index (χ1) is 8.56. The van der Waals surface area contributed by atoms with E-state index in [1.807, 2.05) is 42.5 Å². The summed E-state index contributed by atoms with van der Waals surface area (Å²) in [6, 6.07) is 13.2. The third-order valence-electron chi connectivity index (χ3n) is 2.45. The molecule has 2 nitrogen and oxygen atoms in total. The SMILES string of the molecule is C[C@H](O)c1ccc(Oc2cccc(Br)c2)cc1Br. The third kappa shape index (κ3) is 3.34. The van der Waals surface area contributed by atoms with Gasteiger partial charge in [-0.05, 0) is 42.8 Å². The molecule has 2 aromatic carbocycles. The van der Waals surface area contributed by atoms with E-state index in [0.717, 1.165) is 26.0 Å². The number of aliphatic hydroxyl groups is 1. The van der Waals surface area contributed by atoms with Crippen molar-refractivity contribution in [3.63, 3.8) is 0 Å². The zero-order chi connectivity index (χ0) is 13.1. The molecular formula is C14H12Br2O2. The van der Waals surface area contributed by atoms with Crippen LogP contribution in [-0.2, 0) is 0 Å². The molecule has 2 rings (SSSR count). The van der Waals surface area contributed by atoms with Crippen molar-refractivity contribution in [3.8, 4) is 11.5 Å². The van der Waals surface area contributed by atoms with Gasteiger partial charge in [0, 0.05) is 8.95 Å². The van der Waals surface area contributed by atoms with Gasteiger partial charge in [-0.1, -0.05) is 44.0 Å². The predicted octanol–water partition coefficient (Wildman–Crippen LogP) is 5.06. The summed E-state index contributed by atoms with van der Waals surface area (Å²) >= 11 is 6.82. The number of hydrogen-bond acceptors (Lipinski definition) is 2. The second kappa shape index (κ2) is 5.87. The smallest absolute Gasteiger partial charge is 0.128 e. The largest absolute Gasteiger partial charge is 0.457 e. The van der Waals surface area contributed by atoms with Crippen molar-refractivity contribution in [2.75, 3.05) is 0 Å². The highest BCUT2D eigenvalue weighted by molar-refractivity contribution is 9.10. The van der Waals surface area contributed by atoms with Gasteiger partial charge in [-0.2, -0.15) is 0 Å². The van der Waals surface area contributed by atoms with Crippen molar-refractivity contribution in [1.29, 1.82) is 0 Å². The van der Waals surface area contributed by atoms with Crippen LogP contribution in [0.1, 0.15) is 18.6 Å². The van der Waals surface area contributed by atoms with E-state index >= 15 is 0 Å². The normalized spacial score (nSPS) is 12.2. The van der Waals surface area contributed by atoms with Crippen molar-refractivity contribution in [3.05, 3.63) is 57.0 Å². The maximum Gasteiger partial charge on any atom is 0.128 e. The van der Waals surface area contributed by atoms with Gasteiger partial charge >= 0.3 is 0 Å². The maximum absolute atomic E-state index is 9.54. The minimum Gasteiger partial charge on any atom is -0.457 e. The van der Waals surface area contributed by atoms with Crippen LogP contribution in [0.15, 0.2) is 51.4 Å². The molecule has 4 heteroatoms. The highest BCUT2D eigenvalue weighted by Gasteiger charge is 2.07. The monoisotopic (exact) mass is 370 g/mol. The lowest BCUT2D eigenvalue weighted by Crippen LogP contribution is -1.93. The predicted molar refractivity (Wildman–Crippen MR) is 79.0 cm³/mol. The van der Waals surface area contributed by atoms with Gasteiger partial charge in [-0.15, -0.1) is 0 Å². The molecule has 0 bridgehead atoms. The number of hydrogen-bond donors (Lipinski definition) is 1. The molecule has 0 saturated carbocycles. The highest BCUT2D eigenvalue weighted by atomic mass is 79.9. The molecule has 94 valence electrons. The van der Waals surface area contributed by atoms with Crippen LogP contribution < -0.4 is 4.74 Å². The van der Waals surface area contributed by atoms with E-state index in [2.05, 4.69) is 31.9 Å². The van der Waals surface area contributed by atoms with Gasteiger partial charge in [0.25, 0.3) is 0 Å². The zero-order valence-electron chi connectivity index (χ0n) is 9.73. The molecule has 18 heavy (non-hydrogen) atoms. The number of ether oxygens (including phenoxy) is 1. The van der Waals surface area contributed by atoms with Crippen LogP contribution in [0, 0.1) is 0 Å².